The third-order valence-electron chi connectivity index (χ3n) is 12.3. The number of halogens is 2. The van der Waals surface area contributed by atoms with Gasteiger partial charge < -0.3 is 24.8 Å². The number of fused-ring (bicyclic) bond motifs is 3. The van der Waals surface area contributed by atoms with Gasteiger partial charge in [0.1, 0.15) is 0 Å². The summed E-state index contributed by atoms with van der Waals surface area (Å²) < 4.78 is 5.04. The van der Waals surface area contributed by atoms with Crippen molar-refractivity contribution in [3.05, 3.63) is 146 Å². The van der Waals surface area contributed by atoms with Crippen LogP contribution in [-0.2, 0) is 27.7 Å². The summed E-state index contributed by atoms with van der Waals surface area (Å²) in [5.41, 5.74) is 11.0. The Labute approximate surface area is 295 Å². The Kier molecular flexibility index (Phi) is 8.62. The van der Waals surface area contributed by atoms with E-state index in [0.29, 0.717) is 5.41 Å². The fourth-order valence-corrected chi connectivity index (χ4v) is 19.3. The topological polar surface area (TPSA) is 0 Å². The van der Waals surface area contributed by atoms with Crippen molar-refractivity contribution < 1.29 is 46.1 Å². The SMILES string of the molecule is CC1=CC(C)(C23CC4CC(CC(C4)C2)C3)C=[C]1[Zr+2](=[C](c1ccccc1)c1ccccc1)[c]1cccc2c1Cc1ccccc1-2.[Cl-].[Cl-]. The molecule has 0 aliphatic heterocycles. The predicted octanol–water partition coefficient (Wildman–Crippen LogP) is 3.84. The molecule has 6 aliphatic rings. The molecule has 6 aliphatic carbocycles. The van der Waals surface area contributed by atoms with Gasteiger partial charge in [0, 0.05) is 0 Å². The summed E-state index contributed by atoms with van der Waals surface area (Å²) in [5, 5.41) is 0. The summed E-state index contributed by atoms with van der Waals surface area (Å²) in [6.07, 6.45) is 15.6. The minimum atomic E-state index is -2.78. The average molecular weight is 721 g/mol. The van der Waals surface area contributed by atoms with Crippen molar-refractivity contribution >= 4 is 6.48 Å². The van der Waals surface area contributed by atoms with Crippen molar-refractivity contribution in [1.29, 1.82) is 0 Å². The van der Waals surface area contributed by atoms with Gasteiger partial charge in [-0.3, -0.25) is 0 Å². The van der Waals surface area contributed by atoms with Crippen molar-refractivity contribution in [3.8, 4) is 11.1 Å². The van der Waals surface area contributed by atoms with E-state index in [9.17, 15) is 0 Å². The third-order valence-corrected chi connectivity index (χ3v) is 20.1. The number of rotatable bonds is 5. The molecule has 1 unspecified atom stereocenters. The molecule has 0 spiro atoms. The van der Waals surface area contributed by atoms with Crippen LogP contribution in [0.2, 0.25) is 0 Å². The van der Waals surface area contributed by atoms with Crippen molar-refractivity contribution in [1.82, 2.24) is 0 Å². The van der Waals surface area contributed by atoms with Crippen LogP contribution in [0.3, 0.4) is 0 Å². The maximum absolute atomic E-state index is 2.89. The fourth-order valence-electron chi connectivity index (χ4n) is 10.8. The van der Waals surface area contributed by atoms with Crippen molar-refractivity contribution in [3.63, 3.8) is 0 Å². The molecule has 0 heterocycles. The number of benzene rings is 4. The minimum Gasteiger partial charge on any atom is -1.00 e. The van der Waals surface area contributed by atoms with Crippen molar-refractivity contribution in [2.45, 2.75) is 58.8 Å². The number of allylic oxidation sites excluding steroid dienone is 4. The molecule has 4 saturated carbocycles. The van der Waals surface area contributed by atoms with E-state index in [2.05, 4.69) is 129 Å². The van der Waals surface area contributed by atoms with Gasteiger partial charge in [-0.1, -0.05) is 0 Å². The van der Waals surface area contributed by atoms with Gasteiger partial charge in [0.2, 0.25) is 0 Å². The van der Waals surface area contributed by atoms with Gasteiger partial charge in [-0.2, -0.15) is 0 Å². The molecule has 0 saturated heterocycles. The van der Waals surface area contributed by atoms with E-state index in [0.717, 1.165) is 24.2 Å². The van der Waals surface area contributed by atoms with Gasteiger partial charge in [-0.25, -0.2) is 0 Å². The van der Waals surface area contributed by atoms with E-state index in [4.69, 9.17) is 0 Å². The van der Waals surface area contributed by atoms with Crippen LogP contribution in [0, 0.1) is 28.6 Å². The first-order valence-corrected chi connectivity index (χ1v) is 20.7. The van der Waals surface area contributed by atoms with E-state index in [1.807, 2.05) is 0 Å². The summed E-state index contributed by atoms with van der Waals surface area (Å²) >= 11 is -2.78. The Morgan fingerprint density at radius 2 is 1.17 bits per heavy atom. The van der Waals surface area contributed by atoms with E-state index in [1.54, 1.807) is 20.9 Å². The summed E-state index contributed by atoms with van der Waals surface area (Å²) in [6.45, 7) is 5.12. The molecule has 4 aromatic carbocycles. The molecule has 1 atom stereocenters. The molecule has 3 heteroatoms. The van der Waals surface area contributed by atoms with Crippen molar-refractivity contribution in [2.24, 2.45) is 28.6 Å². The monoisotopic (exact) mass is 718 g/mol. The molecule has 4 fully saturated rings. The Balaban J connectivity index is 0.00000169. The summed E-state index contributed by atoms with van der Waals surface area (Å²) in [6, 6.07) is 39.3. The molecule has 4 aromatic rings. The van der Waals surface area contributed by atoms with E-state index >= 15 is 0 Å². The zero-order valence-electron chi connectivity index (χ0n) is 26.9. The summed E-state index contributed by atoms with van der Waals surface area (Å²) in [4.78, 5) is 0. The zero-order chi connectivity index (χ0) is 29.5. The first-order chi connectivity index (χ1) is 21.5. The summed E-state index contributed by atoms with van der Waals surface area (Å²) in [5.74, 6) is 2.90. The van der Waals surface area contributed by atoms with Crippen LogP contribution in [0.5, 0.6) is 0 Å². The normalized spacial score (nSPS) is 27.7. The van der Waals surface area contributed by atoms with Crippen LogP contribution in [-0.4, -0.2) is 3.21 Å². The average Bonchev–Trinajstić information content (AvgIpc) is 3.57. The molecule has 0 radical (unpaired) electrons. The van der Waals surface area contributed by atoms with E-state index in [-0.39, 0.29) is 30.2 Å². The van der Waals surface area contributed by atoms with Gasteiger partial charge in [-0.15, -0.1) is 0 Å². The molecule has 0 amide bonds. The molecule has 10 rings (SSSR count). The molecule has 232 valence electrons. The maximum Gasteiger partial charge on any atom is -1.00 e. The van der Waals surface area contributed by atoms with Crippen LogP contribution in [0.15, 0.2) is 124 Å². The second-order valence-electron chi connectivity index (χ2n) is 15.0. The maximum atomic E-state index is 2.89. The molecule has 0 aromatic heterocycles. The molecule has 46 heavy (non-hydrogen) atoms. The zero-order valence-corrected chi connectivity index (χ0v) is 30.9. The van der Waals surface area contributed by atoms with Crippen LogP contribution in [0.4, 0.5) is 0 Å². The van der Waals surface area contributed by atoms with Gasteiger partial charge in [0.05, 0.1) is 0 Å². The minimum absolute atomic E-state index is 0. The van der Waals surface area contributed by atoms with Gasteiger partial charge in [-0.05, 0) is 0 Å². The first-order valence-electron chi connectivity index (χ1n) is 17.0. The van der Waals surface area contributed by atoms with Gasteiger partial charge in [0.25, 0.3) is 0 Å². The number of hydrogen-bond acceptors (Lipinski definition) is 0. The van der Waals surface area contributed by atoms with Crippen LogP contribution < -0.4 is 28.1 Å². The second kappa shape index (κ2) is 12.3. The molecule has 0 nitrogen and oxygen atoms in total. The Bertz CT molecular complexity index is 1810. The second-order valence-corrected chi connectivity index (χ2v) is 20.7. The van der Waals surface area contributed by atoms with Crippen LogP contribution >= 0.6 is 0 Å². The van der Waals surface area contributed by atoms with Gasteiger partial charge in [0.15, 0.2) is 0 Å². The molecular weight excluding hydrogens is 679 g/mol. The van der Waals surface area contributed by atoms with Crippen LogP contribution in [0.25, 0.3) is 11.1 Å². The van der Waals surface area contributed by atoms with E-state index in [1.165, 1.54) is 66.3 Å². The Morgan fingerprint density at radius 3 is 1.78 bits per heavy atom. The molecule has 0 N–H and O–H groups in total. The van der Waals surface area contributed by atoms with E-state index < -0.39 is 21.3 Å². The predicted molar refractivity (Wildman–Crippen MR) is 181 cm³/mol. The Morgan fingerprint density at radius 1 is 0.630 bits per heavy atom. The smallest absolute Gasteiger partial charge is 1.00 e. The Hall–Kier alpha value is -2.31. The standard InChI is InChI=1S/C17H23.C13H9.C13H10.2ClH.Zr/c1-12-3-4-16(2,8-12)17-9-13-5-14(10-17)7-15(6-13)11-17;1-3-7-12-10(5-1)9-11-6-2-4-8-13(11)12;1-3-7-12(8-4-1)11-13-9-5-2-6-10-13;;;/h4,8,13-15H,5-7,9-11H2,1-2H3;1-5,7-8H,9H2;1-10H;2*1H;/q;;;;;+2/p-2. The third kappa shape index (κ3) is 5.07. The fraction of sp³-hybridized carbons (Fsp3) is 0.326. The molecule has 4 bridgehead atoms. The largest absolute Gasteiger partial charge is 1.00 e. The molecular formula is C43H42Cl2Zr. The summed E-state index contributed by atoms with van der Waals surface area (Å²) in [7, 11) is 0. The van der Waals surface area contributed by atoms with Crippen molar-refractivity contribution in [2.75, 3.05) is 0 Å². The first kappa shape index (κ1) is 32.3. The number of hydrogen-bond donors (Lipinski definition) is 0. The quantitative estimate of drug-likeness (QED) is 0.259. The van der Waals surface area contributed by atoms with Crippen LogP contribution in [0.1, 0.15) is 74.6 Å². The van der Waals surface area contributed by atoms with Gasteiger partial charge >= 0.3 is 273 Å².